The van der Waals surface area contributed by atoms with E-state index in [4.69, 9.17) is 0 Å². The number of allylic oxidation sites excluding steroid dienone is 2. The molecular formula is C28H26F8N2. The van der Waals surface area contributed by atoms with Crippen molar-refractivity contribution in [3.8, 4) is 11.1 Å². The molecule has 1 aromatic heterocycles. The van der Waals surface area contributed by atoms with Gasteiger partial charge in [-0.2, -0.15) is 13.2 Å². The zero-order chi connectivity index (χ0) is 27.3. The molecule has 204 valence electrons. The average molecular weight is 543 g/mol. The normalized spacial score (nSPS) is 21.2. The Balaban J connectivity index is 1.53. The predicted octanol–water partition coefficient (Wildman–Crippen LogP) is 9.42. The number of aromatic amines is 1. The molecule has 2 aliphatic carbocycles. The quantitative estimate of drug-likeness (QED) is 0.327. The number of nitrogens with one attached hydrogen (secondary N) is 1. The van der Waals surface area contributed by atoms with Gasteiger partial charge in [0, 0.05) is 31.2 Å². The molecule has 5 rings (SSSR count). The zero-order valence-corrected chi connectivity index (χ0v) is 20.3. The Hall–Kier alpha value is -2.91. The summed E-state index contributed by atoms with van der Waals surface area (Å²) in [4.78, 5) is 7.69. The Morgan fingerprint density at radius 1 is 0.895 bits per heavy atom. The molecule has 10 heteroatoms. The van der Waals surface area contributed by atoms with Crippen molar-refractivity contribution in [1.82, 2.24) is 9.97 Å². The number of aromatic nitrogens is 2. The van der Waals surface area contributed by atoms with Gasteiger partial charge < -0.3 is 4.98 Å². The first-order chi connectivity index (χ1) is 17.8. The van der Waals surface area contributed by atoms with Crippen molar-refractivity contribution in [1.29, 1.82) is 0 Å². The minimum Gasteiger partial charge on any atom is -0.338 e. The summed E-state index contributed by atoms with van der Waals surface area (Å²) in [5.74, 6) is -6.55. The van der Waals surface area contributed by atoms with Gasteiger partial charge >= 0.3 is 6.18 Å². The second-order valence-corrected chi connectivity index (χ2v) is 10.4. The van der Waals surface area contributed by atoms with Gasteiger partial charge in [-0.25, -0.2) is 26.9 Å². The van der Waals surface area contributed by atoms with Gasteiger partial charge in [0.2, 0.25) is 11.8 Å². The van der Waals surface area contributed by atoms with Crippen LogP contribution in [-0.4, -0.2) is 21.8 Å². The highest BCUT2D eigenvalue weighted by molar-refractivity contribution is 5.85. The maximum Gasteiger partial charge on any atom is 0.417 e. The van der Waals surface area contributed by atoms with E-state index in [1.807, 2.05) is 6.08 Å². The van der Waals surface area contributed by atoms with Crippen LogP contribution in [0.4, 0.5) is 35.1 Å². The number of fused-ring (bicyclic) bond motifs is 1. The number of halogens is 8. The molecule has 0 saturated heterocycles. The minimum absolute atomic E-state index is 0.00155. The molecule has 2 saturated carbocycles. The number of benzene rings is 2. The van der Waals surface area contributed by atoms with Crippen LogP contribution >= 0.6 is 0 Å². The molecule has 0 spiro atoms. The van der Waals surface area contributed by atoms with E-state index in [1.165, 1.54) is 18.2 Å². The number of hydrogen-bond donors (Lipinski definition) is 1. The van der Waals surface area contributed by atoms with Crippen LogP contribution in [0.3, 0.4) is 0 Å². The molecule has 3 aromatic rings. The molecule has 0 aliphatic heterocycles. The number of rotatable bonds is 4. The molecule has 2 fully saturated rings. The third-order valence-electron chi connectivity index (χ3n) is 7.70. The first-order valence-corrected chi connectivity index (χ1v) is 12.6. The van der Waals surface area contributed by atoms with Crippen LogP contribution in [0.1, 0.15) is 62.8 Å². The predicted molar refractivity (Wildman–Crippen MR) is 128 cm³/mol. The molecule has 38 heavy (non-hydrogen) atoms. The van der Waals surface area contributed by atoms with Crippen molar-refractivity contribution in [2.45, 2.75) is 69.4 Å². The fraction of sp³-hybridized carbons (Fsp3) is 0.464. The fourth-order valence-corrected chi connectivity index (χ4v) is 5.59. The molecule has 0 radical (unpaired) electrons. The summed E-state index contributed by atoms with van der Waals surface area (Å²) in [6, 6.07) is 6.99. The van der Waals surface area contributed by atoms with Crippen molar-refractivity contribution in [2.24, 2.45) is 11.8 Å². The van der Waals surface area contributed by atoms with E-state index >= 15 is 0 Å². The molecule has 1 N–H and O–H groups in total. The third-order valence-corrected chi connectivity index (χ3v) is 7.70. The number of alkyl halides is 7. The van der Waals surface area contributed by atoms with E-state index in [9.17, 15) is 35.1 Å². The highest BCUT2D eigenvalue weighted by Crippen LogP contribution is 2.45. The van der Waals surface area contributed by atoms with Crippen LogP contribution in [0.15, 0.2) is 42.5 Å². The maximum atomic E-state index is 14.6. The summed E-state index contributed by atoms with van der Waals surface area (Å²) in [5.41, 5.74) is -0.258. The van der Waals surface area contributed by atoms with Gasteiger partial charge in [-0.3, -0.25) is 0 Å². The second kappa shape index (κ2) is 9.68. The van der Waals surface area contributed by atoms with Crippen molar-refractivity contribution >= 4 is 16.6 Å². The summed E-state index contributed by atoms with van der Waals surface area (Å²) >= 11 is 0. The van der Waals surface area contributed by atoms with Crippen molar-refractivity contribution in [3.63, 3.8) is 0 Å². The summed E-state index contributed by atoms with van der Waals surface area (Å²) < 4.78 is 110. The lowest BCUT2D eigenvalue weighted by Crippen LogP contribution is -2.26. The zero-order valence-electron chi connectivity index (χ0n) is 20.3. The van der Waals surface area contributed by atoms with Crippen molar-refractivity contribution in [3.05, 3.63) is 59.7 Å². The lowest BCUT2D eigenvalue weighted by Gasteiger charge is -2.31. The highest BCUT2D eigenvalue weighted by atomic mass is 19.4. The Morgan fingerprint density at radius 3 is 2.16 bits per heavy atom. The van der Waals surface area contributed by atoms with E-state index in [0.717, 1.165) is 18.2 Å². The molecule has 0 atom stereocenters. The summed E-state index contributed by atoms with van der Waals surface area (Å²) in [6.45, 7) is 0. The highest BCUT2D eigenvalue weighted by Gasteiger charge is 2.39. The monoisotopic (exact) mass is 542 g/mol. The van der Waals surface area contributed by atoms with E-state index in [0.29, 0.717) is 16.9 Å². The fourth-order valence-electron chi connectivity index (χ4n) is 5.59. The largest absolute Gasteiger partial charge is 0.417 e. The molecule has 0 unspecified atom stereocenters. The van der Waals surface area contributed by atoms with E-state index in [1.54, 1.807) is 0 Å². The number of nitrogens with zero attached hydrogens (tertiary/aromatic N) is 1. The Labute approximate surface area is 214 Å². The van der Waals surface area contributed by atoms with Gasteiger partial charge in [0.1, 0.15) is 11.6 Å². The third kappa shape index (κ3) is 5.59. The van der Waals surface area contributed by atoms with E-state index in [2.05, 4.69) is 9.97 Å². The van der Waals surface area contributed by atoms with Crippen LogP contribution in [0.5, 0.6) is 0 Å². The molecule has 2 nitrogen and oxygen atoms in total. The smallest absolute Gasteiger partial charge is 0.338 e. The summed E-state index contributed by atoms with van der Waals surface area (Å²) in [6.07, 6.45) is -3.07. The Morgan fingerprint density at radius 2 is 1.53 bits per heavy atom. The molecule has 0 bridgehead atoms. The lowest BCUT2D eigenvalue weighted by molar-refractivity contribution is -0.137. The topological polar surface area (TPSA) is 28.7 Å². The van der Waals surface area contributed by atoms with Crippen molar-refractivity contribution < 1.29 is 35.1 Å². The van der Waals surface area contributed by atoms with Crippen LogP contribution < -0.4 is 0 Å². The SMILES string of the molecule is Fc1cccc(C(F)(F)F)c1-c1ccc2[nH]c(C(=CC3CCC(F)(F)CC3)C3CCC(F)(F)CC3)nc2c1. The van der Waals surface area contributed by atoms with Gasteiger partial charge in [0.05, 0.1) is 16.6 Å². The lowest BCUT2D eigenvalue weighted by atomic mass is 9.78. The molecule has 2 aliphatic rings. The summed E-state index contributed by atoms with van der Waals surface area (Å²) in [5, 5.41) is 0. The molecule has 2 aromatic carbocycles. The van der Waals surface area contributed by atoms with Gasteiger partial charge in [0.25, 0.3) is 0 Å². The molecule has 1 heterocycles. The van der Waals surface area contributed by atoms with E-state index in [-0.39, 0.29) is 74.3 Å². The minimum atomic E-state index is -4.77. The van der Waals surface area contributed by atoms with Gasteiger partial charge in [-0.15, -0.1) is 0 Å². The van der Waals surface area contributed by atoms with Gasteiger partial charge in [-0.1, -0.05) is 18.2 Å². The first kappa shape index (κ1) is 26.7. The van der Waals surface area contributed by atoms with Crippen LogP contribution in [0.2, 0.25) is 0 Å². The van der Waals surface area contributed by atoms with Crippen LogP contribution in [-0.2, 0) is 6.18 Å². The number of imidazole rings is 1. The number of H-pyrrole nitrogens is 1. The van der Waals surface area contributed by atoms with E-state index < -0.39 is 35.0 Å². The Bertz CT molecular complexity index is 1330. The molecule has 0 amide bonds. The maximum absolute atomic E-state index is 14.6. The standard InChI is InChI=1S/C28H26F8N2/c29-21-3-1-2-20(28(34,35)36)24(21)18-4-5-22-23(15-18)38-25(37-22)19(17-8-12-27(32,33)13-9-17)14-16-6-10-26(30,31)11-7-16/h1-5,14-17H,6-13H2,(H,37,38). The average Bonchev–Trinajstić information content (AvgIpc) is 3.26. The summed E-state index contributed by atoms with van der Waals surface area (Å²) in [7, 11) is 0. The second-order valence-electron chi connectivity index (χ2n) is 10.4. The number of hydrogen-bond acceptors (Lipinski definition) is 1. The van der Waals surface area contributed by atoms with Crippen LogP contribution in [0.25, 0.3) is 27.7 Å². The first-order valence-electron chi connectivity index (χ1n) is 12.6. The van der Waals surface area contributed by atoms with Crippen molar-refractivity contribution in [2.75, 3.05) is 0 Å². The van der Waals surface area contributed by atoms with Gasteiger partial charge in [-0.05, 0) is 72.9 Å². The van der Waals surface area contributed by atoms with Crippen LogP contribution in [0, 0.1) is 17.7 Å². The molecular weight excluding hydrogens is 516 g/mol. The van der Waals surface area contributed by atoms with Gasteiger partial charge in [0.15, 0.2) is 0 Å². The Kier molecular flexibility index (Phi) is 6.80.